The van der Waals surface area contributed by atoms with Gasteiger partial charge < -0.3 is 14.6 Å². The van der Waals surface area contributed by atoms with Gasteiger partial charge in [-0.15, -0.1) is 0 Å². The fraction of sp³-hybridized carbons (Fsp3) is 0.429. The summed E-state index contributed by atoms with van der Waals surface area (Å²) in [6, 6.07) is 3.21. The third-order valence-corrected chi connectivity index (χ3v) is 5.64. The van der Waals surface area contributed by atoms with E-state index in [4.69, 9.17) is 37.8 Å². The first kappa shape index (κ1) is 26.0. The molecule has 174 valence electrons. The minimum absolute atomic E-state index is 0.0158. The second kappa shape index (κ2) is 10.6. The number of rotatable bonds is 9. The molecule has 2 aromatic rings. The van der Waals surface area contributed by atoms with Gasteiger partial charge in [-0.05, 0) is 59.1 Å². The standard InChI is InChI=1S/C21H25Cl2N3O5S/c1-20(2,3)31-18(29)21(4,5)6-7-30-15-8-14(23)16(9-13(15)22)32-26-19-24-10-12(11-25-19)17(27)28/h8-11H,6-7H2,1-5H3,(H,27,28)(H,24,25,26). The molecule has 0 saturated carbocycles. The van der Waals surface area contributed by atoms with E-state index in [1.165, 1.54) is 12.4 Å². The molecule has 0 aliphatic heterocycles. The maximum Gasteiger partial charge on any atom is 0.338 e. The van der Waals surface area contributed by atoms with Gasteiger partial charge >= 0.3 is 11.9 Å². The summed E-state index contributed by atoms with van der Waals surface area (Å²) in [7, 11) is 0. The quantitative estimate of drug-likeness (QED) is 0.328. The van der Waals surface area contributed by atoms with Crippen molar-refractivity contribution < 1.29 is 24.2 Å². The van der Waals surface area contributed by atoms with E-state index in [-0.39, 0.29) is 24.1 Å². The van der Waals surface area contributed by atoms with Gasteiger partial charge in [-0.3, -0.25) is 9.52 Å². The molecule has 2 rings (SSSR count). The van der Waals surface area contributed by atoms with Crippen LogP contribution in [0, 0.1) is 5.41 Å². The SMILES string of the molecule is CC(C)(C)OC(=O)C(C)(C)CCOc1cc(Cl)c(SNc2ncc(C(=O)O)cn2)cc1Cl. The van der Waals surface area contributed by atoms with Crippen LogP contribution < -0.4 is 9.46 Å². The number of nitrogens with one attached hydrogen (secondary N) is 1. The predicted octanol–water partition coefficient (Wildman–Crippen LogP) is 5.74. The number of hydrogen-bond acceptors (Lipinski definition) is 8. The highest BCUT2D eigenvalue weighted by molar-refractivity contribution is 8.00. The third-order valence-electron chi connectivity index (χ3n) is 4.07. The van der Waals surface area contributed by atoms with Crippen LogP contribution in [0.25, 0.3) is 0 Å². The fourth-order valence-corrected chi connectivity index (χ4v) is 3.42. The lowest BCUT2D eigenvalue weighted by Crippen LogP contribution is -2.34. The molecule has 0 aliphatic rings. The molecule has 1 aromatic carbocycles. The Morgan fingerprint density at radius 2 is 1.72 bits per heavy atom. The van der Waals surface area contributed by atoms with Gasteiger partial charge in [-0.2, -0.15) is 0 Å². The van der Waals surface area contributed by atoms with Crippen LogP contribution >= 0.6 is 35.1 Å². The predicted molar refractivity (Wildman–Crippen MR) is 125 cm³/mol. The molecular formula is C21H25Cl2N3O5S. The van der Waals surface area contributed by atoms with E-state index >= 15 is 0 Å². The second-order valence-corrected chi connectivity index (χ2v) is 10.2. The van der Waals surface area contributed by atoms with Crippen molar-refractivity contribution in [3.8, 4) is 5.75 Å². The van der Waals surface area contributed by atoms with Gasteiger partial charge in [-0.25, -0.2) is 14.8 Å². The summed E-state index contributed by atoms with van der Waals surface area (Å²) in [4.78, 5) is 31.7. The Hall–Kier alpha value is -2.23. The molecule has 0 unspecified atom stereocenters. The Kier molecular flexibility index (Phi) is 8.61. The molecule has 0 saturated heterocycles. The van der Waals surface area contributed by atoms with E-state index in [1.807, 2.05) is 20.8 Å². The number of aromatic carboxylic acids is 1. The number of ether oxygens (including phenoxy) is 2. The lowest BCUT2D eigenvalue weighted by molar-refractivity contribution is -0.166. The van der Waals surface area contributed by atoms with Crippen molar-refractivity contribution in [2.75, 3.05) is 11.3 Å². The van der Waals surface area contributed by atoms with Gasteiger partial charge in [0.05, 0.1) is 27.6 Å². The van der Waals surface area contributed by atoms with Crippen LogP contribution in [0.1, 0.15) is 51.4 Å². The highest BCUT2D eigenvalue weighted by atomic mass is 35.5. The van der Waals surface area contributed by atoms with E-state index in [0.29, 0.717) is 27.1 Å². The Morgan fingerprint density at radius 1 is 1.09 bits per heavy atom. The summed E-state index contributed by atoms with van der Waals surface area (Å²) in [5, 5.41) is 9.61. The Balaban J connectivity index is 1.95. The van der Waals surface area contributed by atoms with Crippen LogP contribution in [0.3, 0.4) is 0 Å². The van der Waals surface area contributed by atoms with E-state index in [0.717, 1.165) is 11.9 Å². The number of aromatic nitrogens is 2. The molecule has 1 aromatic heterocycles. The number of carbonyl (C=O) groups is 2. The minimum atomic E-state index is -1.11. The van der Waals surface area contributed by atoms with Gasteiger partial charge in [0.1, 0.15) is 11.4 Å². The van der Waals surface area contributed by atoms with E-state index < -0.39 is 17.0 Å². The molecule has 8 nitrogen and oxygen atoms in total. The van der Waals surface area contributed by atoms with Crippen LogP contribution in [0.5, 0.6) is 5.75 Å². The van der Waals surface area contributed by atoms with Crippen molar-refractivity contribution in [1.82, 2.24) is 9.97 Å². The van der Waals surface area contributed by atoms with Crippen LogP contribution in [0.4, 0.5) is 5.95 Å². The summed E-state index contributed by atoms with van der Waals surface area (Å²) in [5.74, 6) is -0.793. The zero-order valence-electron chi connectivity index (χ0n) is 18.4. The molecule has 0 fully saturated rings. The number of hydrogen-bond donors (Lipinski definition) is 2. The van der Waals surface area contributed by atoms with Gasteiger partial charge in [0.25, 0.3) is 0 Å². The average Bonchev–Trinajstić information content (AvgIpc) is 2.68. The number of benzene rings is 1. The molecule has 0 atom stereocenters. The number of halogens is 2. The first-order valence-electron chi connectivity index (χ1n) is 9.62. The molecular weight excluding hydrogens is 477 g/mol. The lowest BCUT2D eigenvalue weighted by Gasteiger charge is -2.28. The average molecular weight is 502 g/mol. The number of anilines is 1. The van der Waals surface area contributed by atoms with Crippen molar-refractivity contribution in [2.24, 2.45) is 5.41 Å². The Bertz CT molecular complexity index is 979. The van der Waals surface area contributed by atoms with Crippen molar-refractivity contribution in [3.05, 3.63) is 40.1 Å². The van der Waals surface area contributed by atoms with Gasteiger partial charge in [-0.1, -0.05) is 23.2 Å². The summed E-state index contributed by atoms with van der Waals surface area (Å²) < 4.78 is 14.1. The number of nitrogens with zero attached hydrogens (tertiary/aromatic N) is 2. The summed E-state index contributed by atoms with van der Waals surface area (Å²) in [6.45, 7) is 9.32. The monoisotopic (exact) mass is 501 g/mol. The van der Waals surface area contributed by atoms with Gasteiger partial charge in [0.15, 0.2) is 0 Å². The van der Waals surface area contributed by atoms with Gasteiger partial charge in [0.2, 0.25) is 5.95 Å². The topological polar surface area (TPSA) is 111 Å². The lowest BCUT2D eigenvalue weighted by atomic mass is 9.89. The van der Waals surface area contributed by atoms with Crippen LogP contribution in [-0.4, -0.2) is 39.2 Å². The Morgan fingerprint density at radius 3 is 2.28 bits per heavy atom. The maximum atomic E-state index is 12.4. The smallest absolute Gasteiger partial charge is 0.338 e. The zero-order chi connectivity index (χ0) is 24.1. The third kappa shape index (κ3) is 7.72. The minimum Gasteiger partial charge on any atom is -0.492 e. The molecule has 32 heavy (non-hydrogen) atoms. The van der Waals surface area contributed by atoms with Crippen LogP contribution in [-0.2, 0) is 9.53 Å². The van der Waals surface area contributed by atoms with E-state index in [2.05, 4.69) is 14.7 Å². The molecule has 0 bridgehead atoms. The number of esters is 1. The van der Waals surface area contributed by atoms with E-state index in [9.17, 15) is 9.59 Å². The maximum absolute atomic E-state index is 12.4. The molecule has 0 amide bonds. The number of carbonyl (C=O) groups excluding carboxylic acids is 1. The molecule has 0 spiro atoms. The highest BCUT2D eigenvalue weighted by Crippen LogP contribution is 2.37. The van der Waals surface area contributed by atoms with Crippen molar-refractivity contribution >= 4 is 53.0 Å². The first-order chi connectivity index (χ1) is 14.8. The molecule has 0 radical (unpaired) electrons. The van der Waals surface area contributed by atoms with Gasteiger partial charge in [0, 0.05) is 23.4 Å². The summed E-state index contributed by atoms with van der Waals surface area (Å²) in [6.07, 6.45) is 2.82. The van der Waals surface area contributed by atoms with Crippen molar-refractivity contribution in [2.45, 2.75) is 51.5 Å². The highest BCUT2D eigenvalue weighted by Gasteiger charge is 2.32. The summed E-state index contributed by atoms with van der Waals surface area (Å²) in [5.41, 5.74) is -1.30. The summed E-state index contributed by atoms with van der Waals surface area (Å²) >= 11 is 13.8. The molecule has 2 N–H and O–H groups in total. The zero-order valence-corrected chi connectivity index (χ0v) is 20.7. The first-order valence-corrected chi connectivity index (χ1v) is 11.2. The van der Waals surface area contributed by atoms with Crippen molar-refractivity contribution in [1.29, 1.82) is 0 Å². The van der Waals surface area contributed by atoms with E-state index in [1.54, 1.807) is 26.0 Å². The van der Waals surface area contributed by atoms with Crippen molar-refractivity contribution in [3.63, 3.8) is 0 Å². The normalized spacial score (nSPS) is 11.7. The Labute approximate surface area is 201 Å². The van der Waals surface area contributed by atoms with Crippen LogP contribution in [0.15, 0.2) is 29.4 Å². The molecule has 0 aliphatic carbocycles. The molecule has 1 heterocycles. The number of carboxylic acid groups (broad SMARTS) is 1. The molecule has 11 heteroatoms. The largest absolute Gasteiger partial charge is 0.492 e. The number of carboxylic acids is 1. The van der Waals surface area contributed by atoms with Crippen LogP contribution in [0.2, 0.25) is 10.0 Å². The fourth-order valence-electron chi connectivity index (χ4n) is 2.23. The second-order valence-electron chi connectivity index (χ2n) is 8.50.